The third-order valence-corrected chi connectivity index (χ3v) is 7.15. The van der Waals surface area contributed by atoms with E-state index in [1.807, 2.05) is 20.8 Å². The van der Waals surface area contributed by atoms with E-state index in [9.17, 15) is 18.2 Å². The van der Waals surface area contributed by atoms with Crippen LogP contribution < -0.4 is 15.4 Å². The number of amides is 2. The molecule has 3 N–H and O–H groups in total. The van der Waals surface area contributed by atoms with Crippen LogP contribution >= 0.6 is 0 Å². The highest BCUT2D eigenvalue weighted by Crippen LogP contribution is 2.22. The van der Waals surface area contributed by atoms with Crippen LogP contribution in [0.3, 0.4) is 0 Å². The molecule has 8 nitrogen and oxygen atoms in total. The number of hydrogen-bond acceptors (Lipinski definition) is 5. The molecule has 0 saturated carbocycles. The molecule has 2 atom stereocenters. The summed E-state index contributed by atoms with van der Waals surface area (Å²) in [6.45, 7) is 7.60. The highest BCUT2D eigenvalue weighted by Gasteiger charge is 2.27. The zero-order chi connectivity index (χ0) is 25.6. The average Bonchev–Trinajstić information content (AvgIpc) is 2.79. The SMILES string of the molecule is CN1CCC(CC(NC(=O)c2ccc(F)cc2)C(=O)Nc2ccc(S(=O)NC(C)(C)C)nc2)CC1. The van der Waals surface area contributed by atoms with Crippen molar-refractivity contribution in [2.75, 3.05) is 25.5 Å². The summed E-state index contributed by atoms with van der Waals surface area (Å²) < 4.78 is 28.6. The van der Waals surface area contributed by atoms with Crippen molar-refractivity contribution in [1.82, 2.24) is 19.9 Å². The highest BCUT2D eigenvalue weighted by atomic mass is 32.2. The van der Waals surface area contributed by atoms with Crippen molar-refractivity contribution in [2.24, 2.45) is 5.92 Å². The van der Waals surface area contributed by atoms with Gasteiger partial charge in [0.15, 0.2) is 0 Å². The van der Waals surface area contributed by atoms with Crippen molar-refractivity contribution in [2.45, 2.75) is 56.6 Å². The first-order valence-corrected chi connectivity index (χ1v) is 12.9. The molecular formula is C25H34FN5O3S. The Morgan fingerprint density at radius 2 is 1.80 bits per heavy atom. The Kier molecular flexibility index (Phi) is 9.09. The normalized spacial score (nSPS) is 16.9. The number of nitrogens with one attached hydrogen (secondary N) is 3. The van der Waals surface area contributed by atoms with Gasteiger partial charge in [-0.1, -0.05) is 0 Å². The lowest BCUT2D eigenvalue weighted by Gasteiger charge is -2.31. The Bertz CT molecular complexity index is 1030. The van der Waals surface area contributed by atoms with Gasteiger partial charge < -0.3 is 15.5 Å². The number of nitrogens with zero attached hydrogens (tertiary/aromatic N) is 2. The molecule has 1 aromatic heterocycles. The van der Waals surface area contributed by atoms with Crippen LogP contribution in [0.4, 0.5) is 10.1 Å². The van der Waals surface area contributed by atoms with Gasteiger partial charge in [0.25, 0.3) is 5.91 Å². The number of carbonyl (C=O) groups excluding carboxylic acids is 2. The number of hydrogen-bond donors (Lipinski definition) is 3. The molecule has 1 fully saturated rings. The smallest absolute Gasteiger partial charge is 0.251 e. The van der Waals surface area contributed by atoms with Gasteiger partial charge >= 0.3 is 0 Å². The topological polar surface area (TPSA) is 103 Å². The predicted octanol–water partition coefficient (Wildman–Crippen LogP) is 3.10. The van der Waals surface area contributed by atoms with Crippen molar-refractivity contribution in [3.8, 4) is 0 Å². The van der Waals surface area contributed by atoms with Crippen molar-refractivity contribution in [3.05, 3.63) is 54.0 Å². The van der Waals surface area contributed by atoms with Crippen LogP contribution in [0.25, 0.3) is 0 Å². The first-order valence-electron chi connectivity index (χ1n) is 11.7. The van der Waals surface area contributed by atoms with Gasteiger partial charge in [-0.15, -0.1) is 0 Å². The maximum atomic E-state index is 13.3. The number of benzene rings is 1. The number of carbonyl (C=O) groups is 2. The van der Waals surface area contributed by atoms with Crippen molar-refractivity contribution >= 4 is 28.5 Å². The molecular weight excluding hydrogens is 469 g/mol. The molecule has 0 aliphatic carbocycles. The fraction of sp³-hybridized carbons (Fsp3) is 0.480. The summed E-state index contributed by atoms with van der Waals surface area (Å²) in [6, 6.07) is 7.68. The second kappa shape index (κ2) is 11.8. The third-order valence-electron chi connectivity index (χ3n) is 5.73. The zero-order valence-electron chi connectivity index (χ0n) is 20.6. The molecule has 0 radical (unpaired) electrons. The minimum atomic E-state index is -1.48. The van der Waals surface area contributed by atoms with Gasteiger partial charge in [-0.05, 0) is 102 Å². The molecule has 2 amide bonds. The molecule has 2 heterocycles. The number of piperidine rings is 1. The standard InChI is InChI=1S/C25H34FN5O3S/c1-25(2,3)30-35(34)22-10-9-20(16-27-22)28-24(33)21(15-17-11-13-31(4)14-12-17)29-23(32)18-5-7-19(26)8-6-18/h5-10,16-17,21,30H,11-15H2,1-4H3,(H,28,33)(H,29,32). The molecule has 2 unspecified atom stereocenters. The lowest BCUT2D eigenvalue weighted by molar-refractivity contribution is -0.118. The van der Waals surface area contributed by atoms with E-state index in [1.54, 1.807) is 12.1 Å². The number of anilines is 1. The van der Waals surface area contributed by atoms with E-state index in [0.717, 1.165) is 25.9 Å². The first kappa shape index (κ1) is 26.9. The molecule has 0 bridgehead atoms. The van der Waals surface area contributed by atoms with Crippen LogP contribution in [0.15, 0.2) is 47.6 Å². The van der Waals surface area contributed by atoms with Crippen molar-refractivity contribution < 1.29 is 18.2 Å². The zero-order valence-corrected chi connectivity index (χ0v) is 21.5. The predicted molar refractivity (Wildman–Crippen MR) is 135 cm³/mol. The maximum Gasteiger partial charge on any atom is 0.251 e. The number of rotatable bonds is 8. The summed E-state index contributed by atoms with van der Waals surface area (Å²) in [6.07, 6.45) is 3.83. The Labute approximate surface area is 208 Å². The van der Waals surface area contributed by atoms with E-state index < -0.39 is 28.8 Å². The maximum absolute atomic E-state index is 13.3. The Hall–Kier alpha value is -2.69. The fourth-order valence-electron chi connectivity index (χ4n) is 3.83. The third kappa shape index (κ3) is 8.48. The van der Waals surface area contributed by atoms with E-state index in [2.05, 4.69) is 32.3 Å². The minimum Gasteiger partial charge on any atom is -0.340 e. The molecule has 0 spiro atoms. The summed E-state index contributed by atoms with van der Waals surface area (Å²) >= 11 is 0. The average molecular weight is 504 g/mol. The number of pyridine rings is 1. The van der Waals surface area contributed by atoms with Gasteiger partial charge in [0.05, 0.1) is 11.9 Å². The summed E-state index contributed by atoms with van der Waals surface area (Å²) in [5.41, 5.74) is 0.381. The minimum absolute atomic E-state index is 0.285. The second-order valence-corrected chi connectivity index (χ2v) is 11.2. The van der Waals surface area contributed by atoms with Crippen LogP contribution in [0.2, 0.25) is 0 Å². The molecule has 1 aromatic carbocycles. The second-order valence-electron chi connectivity index (χ2n) is 10.0. The lowest BCUT2D eigenvalue weighted by atomic mass is 9.90. The van der Waals surface area contributed by atoms with Gasteiger partial charge in [-0.3, -0.25) is 9.59 Å². The Morgan fingerprint density at radius 3 is 2.37 bits per heavy atom. The summed E-state index contributed by atoms with van der Waals surface area (Å²) in [5.74, 6) is -0.934. The van der Waals surface area contributed by atoms with E-state index in [-0.39, 0.29) is 17.0 Å². The van der Waals surface area contributed by atoms with Crippen LogP contribution in [0.5, 0.6) is 0 Å². The summed E-state index contributed by atoms with van der Waals surface area (Å²) in [7, 11) is 0.584. The van der Waals surface area contributed by atoms with Crippen molar-refractivity contribution in [3.63, 3.8) is 0 Å². The molecule has 1 saturated heterocycles. The van der Waals surface area contributed by atoms with E-state index in [4.69, 9.17) is 0 Å². The van der Waals surface area contributed by atoms with Gasteiger partial charge in [0.2, 0.25) is 5.91 Å². The number of likely N-dealkylation sites (tertiary alicyclic amines) is 1. The van der Waals surface area contributed by atoms with Crippen LogP contribution in [-0.2, 0) is 15.8 Å². The molecule has 2 aromatic rings. The quantitative estimate of drug-likeness (QED) is 0.514. The number of aromatic nitrogens is 1. The van der Waals surface area contributed by atoms with E-state index in [1.165, 1.54) is 30.5 Å². The molecule has 35 heavy (non-hydrogen) atoms. The monoisotopic (exact) mass is 503 g/mol. The van der Waals surface area contributed by atoms with Gasteiger partial charge in [-0.2, -0.15) is 0 Å². The fourth-order valence-corrected chi connectivity index (χ4v) is 4.83. The lowest BCUT2D eigenvalue weighted by Crippen LogP contribution is -2.46. The van der Waals surface area contributed by atoms with E-state index >= 15 is 0 Å². The molecule has 3 rings (SSSR count). The summed E-state index contributed by atoms with van der Waals surface area (Å²) in [5, 5.41) is 5.99. The summed E-state index contributed by atoms with van der Waals surface area (Å²) in [4.78, 5) is 32.4. The first-order chi connectivity index (χ1) is 16.5. The Morgan fingerprint density at radius 1 is 1.14 bits per heavy atom. The van der Waals surface area contributed by atoms with Crippen LogP contribution in [0, 0.1) is 11.7 Å². The molecule has 190 valence electrons. The van der Waals surface area contributed by atoms with Gasteiger partial charge in [0, 0.05) is 11.1 Å². The molecule has 10 heteroatoms. The van der Waals surface area contributed by atoms with Crippen LogP contribution in [0.1, 0.15) is 50.4 Å². The number of halogens is 1. The molecule has 1 aliphatic rings. The highest BCUT2D eigenvalue weighted by molar-refractivity contribution is 7.83. The van der Waals surface area contributed by atoms with Gasteiger partial charge in [0.1, 0.15) is 27.9 Å². The molecule has 1 aliphatic heterocycles. The van der Waals surface area contributed by atoms with E-state index in [0.29, 0.717) is 23.1 Å². The largest absolute Gasteiger partial charge is 0.340 e. The van der Waals surface area contributed by atoms with Crippen molar-refractivity contribution in [1.29, 1.82) is 0 Å². The van der Waals surface area contributed by atoms with Gasteiger partial charge in [-0.25, -0.2) is 18.3 Å². The van der Waals surface area contributed by atoms with Crippen LogP contribution in [-0.4, -0.2) is 57.6 Å². The Balaban J connectivity index is 1.69.